The maximum absolute atomic E-state index is 13.0. The van der Waals surface area contributed by atoms with Gasteiger partial charge in [-0.15, -0.1) is 0 Å². The lowest BCUT2D eigenvalue weighted by molar-refractivity contribution is -0.112. The minimum atomic E-state index is -0.267. The molecule has 1 aliphatic rings. The van der Waals surface area contributed by atoms with Crippen molar-refractivity contribution in [1.82, 2.24) is 19.7 Å². The van der Waals surface area contributed by atoms with E-state index >= 15 is 0 Å². The van der Waals surface area contributed by atoms with Crippen LogP contribution in [0, 0.1) is 11.3 Å². The molecule has 1 amide bonds. The number of ether oxygens (including phenoxy) is 2. The fraction of sp³-hybridized carbons (Fsp3) is 0.375. The number of hydrogen-bond acceptors (Lipinski definition) is 8. The average molecular weight is 568 g/mol. The van der Waals surface area contributed by atoms with Gasteiger partial charge < -0.3 is 20.1 Å². The number of nitrogens with zero attached hydrogens (tertiary/aromatic N) is 5. The van der Waals surface area contributed by atoms with E-state index in [2.05, 4.69) is 40.5 Å². The van der Waals surface area contributed by atoms with Gasteiger partial charge in [-0.1, -0.05) is 13.0 Å². The standard InChI is InChI=1S/C32H37N7O3/c1-6-25-24(18-33)31(35-22-10-11-28-21(15-22)19-34-38(28)5)23-16-27(29(42-7-2)17-26(23)36-25)37-30(40)9-8-12-39-13-14-41-20-32(39,3)4/h8-11,15-17,19H,6-7,12-14,20H2,1-5H3,(H,35,36)(H,37,40)/b9-8+. The van der Waals surface area contributed by atoms with Crippen molar-refractivity contribution in [3.63, 3.8) is 0 Å². The zero-order chi connectivity index (χ0) is 29.9. The Bertz CT molecular complexity index is 1700. The van der Waals surface area contributed by atoms with E-state index in [0.29, 0.717) is 72.1 Å². The molecule has 5 rings (SSSR count). The molecule has 2 N–H and O–H groups in total. The molecular formula is C32H37N7O3. The smallest absolute Gasteiger partial charge is 0.248 e. The molecule has 218 valence electrons. The summed E-state index contributed by atoms with van der Waals surface area (Å²) >= 11 is 0. The first-order chi connectivity index (χ1) is 20.2. The summed E-state index contributed by atoms with van der Waals surface area (Å²) in [6.45, 7) is 11.4. The Balaban J connectivity index is 1.50. The van der Waals surface area contributed by atoms with Crippen LogP contribution >= 0.6 is 0 Å². The summed E-state index contributed by atoms with van der Waals surface area (Å²) in [7, 11) is 1.90. The molecular weight excluding hydrogens is 530 g/mol. The number of nitriles is 1. The lowest BCUT2D eigenvalue weighted by Crippen LogP contribution is -2.52. The second-order valence-corrected chi connectivity index (χ2v) is 10.9. The summed E-state index contributed by atoms with van der Waals surface area (Å²) in [5.74, 6) is 0.250. The summed E-state index contributed by atoms with van der Waals surface area (Å²) in [4.78, 5) is 20.1. The van der Waals surface area contributed by atoms with E-state index in [1.54, 1.807) is 6.08 Å². The van der Waals surface area contributed by atoms with Crippen LogP contribution in [0.3, 0.4) is 0 Å². The highest BCUT2D eigenvalue weighted by Gasteiger charge is 2.29. The molecule has 2 aromatic carbocycles. The number of aryl methyl sites for hydroxylation is 2. The molecule has 3 heterocycles. The minimum Gasteiger partial charge on any atom is -0.492 e. The molecule has 0 aliphatic carbocycles. The normalized spacial score (nSPS) is 15.2. The van der Waals surface area contributed by atoms with Gasteiger partial charge in [-0.2, -0.15) is 10.4 Å². The molecule has 0 saturated carbocycles. The predicted octanol–water partition coefficient (Wildman–Crippen LogP) is 5.30. The molecule has 10 heteroatoms. The van der Waals surface area contributed by atoms with E-state index in [1.165, 1.54) is 0 Å². The van der Waals surface area contributed by atoms with Crippen LogP contribution in [0.25, 0.3) is 21.8 Å². The third kappa shape index (κ3) is 5.93. The highest BCUT2D eigenvalue weighted by atomic mass is 16.5. The Morgan fingerprint density at radius 2 is 2.10 bits per heavy atom. The van der Waals surface area contributed by atoms with Crippen LogP contribution in [0.5, 0.6) is 5.75 Å². The van der Waals surface area contributed by atoms with Crippen LogP contribution in [0.15, 0.2) is 48.7 Å². The summed E-state index contributed by atoms with van der Waals surface area (Å²) in [5, 5.41) is 22.7. The molecule has 0 atom stereocenters. The van der Waals surface area contributed by atoms with Crippen LogP contribution < -0.4 is 15.4 Å². The van der Waals surface area contributed by atoms with E-state index in [-0.39, 0.29) is 11.4 Å². The van der Waals surface area contributed by atoms with Gasteiger partial charge >= 0.3 is 0 Å². The van der Waals surface area contributed by atoms with E-state index in [4.69, 9.17) is 14.5 Å². The molecule has 1 saturated heterocycles. The Hall–Kier alpha value is -4.46. The van der Waals surface area contributed by atoms with Crippen molar-refractivity contribution in [3.05, 3.63) is 59.9 Å². The topological polar surface area (TPSA) is 117 Å². The lowest BCUT2D eigenvalue weighted by Gasteiger charge is -2.41. The molecule has 0 spiro atoms. The third-order valence-corrected chi connectivity index (χ3v) is 7.59. The minimum absolute atomic E-state index is 0.0900. The van der Waals surface area contributed by atoms with Crippen LogP contribution in [-0.2, 0) is 23.0 Å². The quantitative estimate of drug-likeness (QED) is 0.262. The van der Waals surface area contributed by atoms with Gasteiger partial charge in [0.1, 0.15) is 11.8 Å². The number of rotatable bonds is 9. The van der Waals surface area contributed by atoms with Crippen molar-refractivity contribution in [2.45, 2.75) is 39.7 Å². The number of amides is 1. The maximum Gasteiger partial charge on any atom is 0.248 e. The van der Waals surface area contributed by atoms with Crippen LogP contribution in [0.4, 0.5) is 17.1 Å². The first kappa shape index (κ1) is 29.0. The van der Waals surface area contributed by atoms with Crippen molar-refractivity contribution in [2.24, 2.45) is 7.05 Å². The first-order valence-corrected chi connectivity index (χ1v) is 14.3. The number of morpholine rings is 1. The van der Waals surface area contributed by atoms with Crippen LogP contribution in [0.1, 0.15) is 39.0 Å². The lowest BCUT2D eigenvalue weighted by atomic mass is 10.0. The largest absolute Gasteiger partial charge is 0.492 e. The van der Waals surface area contributed by atoms with E-state index in [0.717, 1.165) is 23.1 Å². The molecule has 4 aromatic rings. The van der Waals surface area contributed by atoms with Gasteiger partial charge in [-0.3, -0.25) is 19.4 Å². The number of carbonyl (C=O) groups is 1. The predicted molar refractivity (Wildman–Crippen MR) is 165 cm³/mol. The van der Waals surface area contributed by atoms with E-state index < -0.39 is 0 Å². The number of carbonyl (C=O) groups excluding carboxylic acids is 1. The Kier molecular flexibility index (Phi) is 8.43. The fourth-order valence-corrected chi connectivity index (χ4v) is 5.30. The average Bonchev–Trinajstić information content (AvgIpc) is 3.34. The summed E-state index contributed by atoms with van der Waals surface area (Å²) < 4.78 is 13.3. The fourth-order valence-electron chi connectivity index (χ4n) is 5.30. The Labute approximate surface area is 245 Å². The monoisotopic (exact) mass is 567 g/mol. The van der Waals surface area contributed by atoms with Crippen molar-refractivity contribution in [1.29, 1.82) is 5.26 Å². The second kappa shape index (κ2) is 12.2. The van der Waals surface area contributed by atoms with E-state index in [9.17, 15) is 10.1 Å². The first-order valence-electron chi connectivity index (χ1n) is 14.3. The summed E-state index contributed by atoms with van der Waals surface area (Å²) in [6, 6.07) is 12.0. The molecule has 1 aliphatic heterocycles. The van der Waals surface area contributed by atoms with Crippen LogP contribution in [0.2, 0.25) is 0 Å². The summed E-state index contributed by atoms with van der Waals surface area (Å²) in [6.07, 6.45) is 5.81. The second-order valence-electron chi connectivity index (χ2n) is 10.9. The molecule has 1 fully saturated rings. The molecule has 0 radical (unpaired) electrons. The number of fused-ring (bicyclic) bond motifs is 2. The third-order valence-electron chi connectivity index (χ3n) is 7.59. The van der Waals surface area contributed by atoms with Crippen molar-refractivity contribution in [3.8, 4) is 11.8 Å². The zero-order valence-electron chi connectivity index (χ0n) is 24.8. The number of aromatic nitrogens is 3. The highest BCUT2D eigenvalue weighted by molar-refractivity contribution is 6.05. The molecule has 0 bridgehead atoms. The van der Waals surface area contributed by atoms with E-state index in [1.807, 2.05) is 68.2 Å². The molecule has 2 aromatic heterocycles. The van der Waals surface area contributed by atoms with Crippen molar-refractivity contribution >= 4 is 44.8 Å². The Morgan fingerprint density at radius 1 is 1.26 bits per heavy atom. The number of anilines is 3. The van der Waals surface area contributed by atoms with Gasteiger partial charge in [-0.05, 0) is 51.5 Å². The molecule has 0 unspecified atom stereocenters. The van der Waals surface area contributed by atoms with Gasteiger partial charge in [0, 0.05) is 54.3 Å². The van der Waals surface area contributed by atoms with Gasteiger partial charge in [0.2, 0.25) is 5.91 Å². The number of hydrogen-bond donors (Lipinski definition) is 2. The maximum atomic E-state index is 13.0. The van der Waals surface area contributed by atoms with Gasteiger partial charge in [0.15, 0.2) is 0 Å². The van der Waals surface area contributed by atoms with Gasteiger partial charge in [0.25, 0.3) is 0 Å². The van der Waals surface area contributed by atoms with Crippen molar-refractivity contribution < 1.29 is 14.3 Å². The summed E-state index contributed by atoms with van der Waals surface area (Å²) in [5.41, 5.74) is 4.68. The highest BCUT2D eigenvalue weighted by Crippen LogP contribution is 2.38. The molecule has 10 nitrogen and oxygen atoms in total. The SMILES string of the molecule is CCOc1cc2nc(CC)c(C#N)c(Nc3ccc4c(cnn4C)c3)c2cc1NC(=O)/C=C/CN1CCOCC1(C)C. The number of pyridine rings is 1. The number of nitrogens with one attached hydrogen (secondary N) is 2. The molecule has 42 heavy (non-hydrogen) atoms. The van der Waals surface area contributed by atoms with Gasteiger partial charge in [-0.25, -0.2) is 0 Å². The number of benzene rings is 2. The van der Waals surface area contributed by atoms with Gasteiger partial charge in [0.05, 0.1) is 59.7 Å². The van der Waals surface area contributed by atoms with Crippen molar-refractivity contribution in [2.75, 3.05) is 43.5 Å². The van der Waals surface area contributed by atoms with Crippen LogP contribution in [-0.4, -0.2) is 64.0 Å². The zero-order valence-corrected chi connectivity index (χ0v) is 24.8. The Morgan fingerprint density at radius 3 is 2.83 bits per heavy atom.